The predicted octanol–water partition coefficient (Wildman–Crippen LogP) is 1.27. The molecule has 0 aliphatic carbocycles. The second kappa shape index (κ2) is 6.97. The maximum absolute atomic E-state index is 11.9. The summed E-state index contributed by atoms with van der Waals surface area (Å²) in [5, 5.41) is 9.95. The van der Waals surface area contributed by atoms with Crippen molar-refractivity contribution in [3.05, 3.63) is 0 Å². The third kappa shape index (κ3) is 5.50. The fourth-order valence-corrected chi connectivity index (χ4v) is 2.27. The highest BCUT2D eigenvalue weighted by molar-refractivity contribution is 5.76. The Balaban J connectivity index is 2.27. The molecule has 1 aliphatic rings. The van der Waals surface area contributed by atoms with E-state index in [1.807, 2.05) is 11.8 Å². The van der Waals surface area contributed by atoms with Crippen molar-refractivity contribution in [2.24, 2.45) is 5.73 Å². The predicted molar refractivity (Wildman–Crippen MR) is 68.6 cm³/mol. The van der Waals surface area contributed by atoms with Gasteiger partial charge in [0.15, 0.2) is 0 Å². The summed E-state index contributed by atoms with van der Waals surface area (Å²) in [5.74, 6) is 0.236. The number of rotatable bonds is 5. The van der Waals surface area contributed by atoms with E-state index in [1.54, 1.807) is 0 Å². The minimum atomic E-state index is -0.589. The van der Waals surface area contributed by atoms with Crippen LogP contribution in [-0.4, -0.2) is 41.1 Å². The highest BCUT2D eigenvalue weighted by Gasteiger charge is 2.26. The molecule has 100 valence electrons. The van der Waals surface area contributed by atoms with Crippen LogP contribution in [0.2, 0.25) is 0 Å². The molecule has 1 fully saturated rings. The molecule has 4 heteroatoms. The van der Waals surface area contributed by atoms with Gasteiger partial charge in [0.05, 0.1) is 5.60 Å². The zero-order chi connectivity index (χ0) is 12.7. The van der Waals surface area contributed by atoms with Gasteiger partial charge in [-0.1, -0.05) is 6.42 Å². The van der Waals surface area contributed by atoms with Crippen LogP contribution < -0.4 is 5.73 Å². The number of hydrogen-bond acceptors (Lipinski definition) is 3. The SMILES string of the molecule is CC1(O)CCCN(C(=O)CCCCCN)CC1. The van der Waals surface area contributed by atoms with Crippen molar-refractivity contribution in [3.8, 4) is 0 Å². The summed E-state index contributed by atoms with van der Waals surface area (Å²) in [7, 11) is 0. The van der Waals surface area contributed by atoms with E-state index in [0.29, 0.717) is 25.9 Å². The maximum Gasteiger partial charge on any atom is 0.222 e. The summed E-state index contributed by atoms with van der Waals surface area (Å²) in [4.78, 5) is 13.8. The molecule has 0 radical (unpaired) electrons. The lowest BCUT2D eigenvalue weighted by atomic mass is 9.98. The third-order valence-corrected chi connectivity index (χ3v) is 3.51. The Hall–Kier alpha value is -0.610. The van der Waals surface area contributed by atoms with Crippen LogP contribution in [0.5, 0.6) is 0 Å². The topological polar surface area (TPSA) is 66.6 Å². The molecular weight excluding hydrogens is 216 g/mol. The molecule has 4 nitrogen and oxygen atoms in total. The number of hydrogen-bond donors (Lipinski definition) is 2. The van der Waals surface area contributed by atoms with Crippen molar-refractivity contribution in [1.29, 1.82) is 0 Å². The molecule has 0 aromatic heterocycles. The highest BCUT2D eigenvalue weighted by Crippen LogP contribution is 2.21. The Bertz CT molecular complexity index is 242. The Kier molecular flexibility index (Phi) is 5.92. The lowest BCUT2D eigenvalue weighted by Crippen LogP contribution is -2.33. The van der Waals surface area contributed by atoms with Crippen LogP contribution in [0.1, 0.15) is 51.9 Å². The Labute approximate surface area is 104 Å². The van der Waals surface area contributed by atoms with Crippen molar-refractivity contribution in [1.82, 2.24) is 4.90 Å². The summed E-state index contributed by atoms with van der Waals surface area (Å²) in [6.07, 6.45) is 5.99. The molecule has 0 bridgehead atoms. The monoisotopic (exact) mass is 242 g/mol. The molecule has 3 N–H and O–H groups in total. The van der Waals surface area contributed by atoms with Crippen molar-refractivity contribution >= 4 is 5.91 Å². The quantitative estimate of drug-likeness (QED) is 0.713. The summed E-state index contributed by atoms with van der Waals surface area (Å²) < 4.78 is 0. The number of amides is 1. The molecule has 1 heterocycles. The van der Waals surface area contributed by atoms with Crippen LogP contribution in [-0.2, 0) is 4.79 Å². The van der Waals surface area contributed by atoms with Gasteiger partial charge in [0.25, 0.3) is 0 Å². The van der Waals surface area contributed by atoms with Gasteiger partial charge in [-0.3, -0.25) is 4.79 Å². The summed E-state index contributed by atoms with van der Waals surface area (Å²) in [5.41, 5.74) is 4.83. The van der Waals surface area contributed by atoms with E-state index < -0.39 is 5.60 Å². The standard InChI is InChI=1S/C13H26N2O2/c1-13(17)7-5-10-15(11-8-13)12(16)6-3-2-4-9-14/h17H,2-11,14H2,1H3. The Morgan fingerprint density at radius 3 is 2.76 bits per heavy atom. The molecule has 0 aromatic carbocycles. The zero-order valence-electron chi connectivity index (χ0n) is 11.0. The first-order valence-corrected chi connectivity index (χ1v) is 6.75. The number of nitrogens with zero attached hydrogens (tertiary/aromatic N) is 1. The molecule has 1 saturated heterocycles. The van der Waals surface area contributed by atoms with Crippen molar-refractivity contribution in [3.63, 3.8) is 0 Å². The summed E-state index contributed by atoms with van der Waals surface area (Å²) in [6, 6.07) is 0. The number of nitrogens with two attached hydrogens (primary N) is 1. The molecule has 1 unspecified atom stereocenters. The number of unbranched alkanes of at least 4 members (excludes halogenated alkanes) is 2. The van der Waals surface area contributed by atoms with E-state index >= 15 is 0 Å². The van der Waals surface area contributed by atoms with Gasteiger partial charge < -0.3 is 15.7 Å². The minimum absolute atomic E-state index is 0.236. The van der Waals surface area contributed by atoms with Gasteiger partial charge in [0.1, 0.15) is 0 Å². The van der Waals surface area contributed by atoms with Crippen LogP contribution in [0.3, 0.4) is 0 Å². The largest absolute Gasteiger partial charge is 0.390 e. The van der Waals surface area contributed by atoms with Crippen LogP contribution in [0.15, 0.2) is 0 Å². The Morgan fingerprint density at radius 2 is 2.06 bits per heavy atom. The number of carbonyl (C=O) groups is 1. The van der Waals surface area contributed by atoms with E-state index in [2.05, 4.69) is 0 Å². The highest BCUT2D eigenvalue weighted by atomic mass is 16.3. The van der Waals surface area contributed by atoms with E-state index in [0.717, 1.165) is 38.6 Å². The van der Waals surface area contributed by atoms with Gasteiger partial charge in [-0.05, 0) is 45.6 Å². The third-order valence-electron chi connectivity index (χ3n) is 3.51. The van der Waals surface area contributed by atoms with Crippen molar-refractivity contribution in [2.45, 2.75) is 57.5 Å². The zero-order valence-corrected chi connectivity index (χ0v) is 11.0. The first-order valence-electron chi connectivity index (χ1n) is 6.75. The molecule has 1 atom stereocenters. The van der Waals surface area contributed by atoms with Crippen LogP contribution >= 0.6 is 0 Å². The van der Waals surface area contributed by atoms with Gasteiger partial charge in [-0.2, -0.15) is 0 Å². The van der Waals surface area contributed by atoms with Crippen molar-refractivity contribution in [2.75, 3.05) is 19.6 Å². The molecule has 17 heavy (non-hydrogen) atoms. The first-order chi connectivity index (χ1) is 8.05. The maximum atomic E-state index is 11.9. The fourth-order valence-electron chi connectivity index (χ4n) is 2.27. The van der Waals surface area contributed by atoms with Crippen LogP contribution in [0.25, 0.3) is 0 Å². The lowest BCUT2D eigenvalue weighted by Gasteiger charge is -2.22. The van der Waals surface area contributed by atoms with Crippen molar-refractivity contribution < 1.29 is 9.90 Å². The smallest absolute Gasteiger partial charge is 0.222 e. The minimum Gasteiger partial charge on any atom is -0.390 e. The lowest BCUT2D eigenvalue weighted by molar-refractivity contribution is -0.131. The van der Waals surface area contributed by atoms with Gasteiger partial charge in [0.2, 0.25) is 5.91 Å². The molecule has 0 spiro atoms. The second-order valence-corrected chi connectivity index (χ2v) is 5.33. The fraction of sp³-hybridized carbons (Fsp3) is 0.923. The molecule has 0 aromatic rings. The van der Waals surface area contributed by atoms with Crippen LogP contribution in [0, 0.1) is 0 Å². The second-order valence-electron chi connectivity index (χ2n) is 5.33. The van der Waals surface area contributed by atoms with Crippen LogP contribution in [0.4, 0.5) is 0 Å². The molecule has 0 saturated carbocycles. The number of likely N-dealkylation sites (tertiary alicyclic amines) is 1. The van der Waals surface area contributed by atoms with E-state index in [-0.39, 0.29) is 5.91 Å². The van der Waals surface area contributed by atoms with Gasteiger partial charge in [-0.25, -0.2) is 0 Å². The van der Waals surface area contributed by atoms with Gasteiger partial charge in [0, 0.05) is 19.5 Å². The number of carbonyl (C=O) groups excluding carboxylic acids is 1. The Morgan fingerprint density at radius 1 is 1.29 bits per heavy atom. The molecule has 1 amide bonds. The summed E-state index contributed by atoms with van der Waals surface area (Å²) >= 11 is 0. The molecule has 1 rings (SSSR count). The number of aliphatic hydroxyl groups is 1. The summed E-state index contributed by atoms with van der Waals surface area (Å²) in [6.45, 7) is 4.07. The average molecular weight is 242 g/mol. The molecule has 1 aliphatic heterocycles. The normalized spacial score (nSPS) is 25.7. The molecular formula is C13H26N2O2. The van der Waals surface area contributed by atoms with Gasteiger partial charge in [-0.15, -0.1) is 0 Å². The van der Waals surface area contributed by atoms with E-state index in [4.69, 9.17) is 5.73 Å². The first kappa shape index (κ1) is 14.5. The average Bonchev–Trinajstić information content (AvgIpc) is 2.45. The van der Waals surface area contributed by atoms with Gasteiger partial charge >= 0.3 is 0 Å². The van der Waals surface area contributed by atoms with E-state index in [1.165, 1.54) is 0 Å². The van der Waals surface area contributed by atoms with E-state index in [9.17, 15) is 9.90 Å².